The molecule has 0 saturated carbocycles. The third kappa shape index (κ3) is 4.54. The molecule has 1 aliphatic heterocycles. The predicted octanol–water partition coefficient (Wildman–Crippen LogP) is 3.44. The fourth-order valence-corrected chi connectivity index (χ4v) is 4.96. The molecule has 3 rings (SSSR count). The summed E-state index contributed by atoms with van der Waals surface area (Å²) in [6.45, 7) is 2.88. The molecular formula is C21H26N2O5S. The number of hydrogen-bond donors (Lipinski definition) is 1. The van der Waals surface area contributed by atoms with E-state index in [9.17, 15) is 13.2 Å². The number of carbonyl (C=O) groups is 1. The van der Waals surface area contributed by atoms with E-state index >= 15 is 0 Å². The lowest BCUT2D eigenvalue weighted by atomic mass is 10.1. The lowest BCUT2D eigenvalue weighted by molar-refractivity contribution is 0.102. The number of benzene rings is 2. The van der Waals surface area contributed by atoms with E-state index < -0.39 is 10.0 Å². The minimum absolute atomic E-state index is 0.140. The highest BCUT2D eigenvalue weighted by Crippen LogP contribution is 2.30. The van der Waals surface area contributed by atoms with Gasteiger partial charge in [-0.15, -0.1) is 0 Å². The van der Waals surface area contributed by atoms with Crippen molar-refractivity contribution in [1.82, 2.24) is 4.31 Å². The highest BCUT2D eigenvalue weighted by molar-refractivity contribution is 7.89. The van der Waals surface area contributed by atoms with E-state index in [1.165, 1.54) is 23.5 Å². The van der Waals surface area contributed by atoms with E-state index in [4.69, 9.17) is 9.47 Å². The number of nitrogens with one attached hydrogen (secondary N) is 1. The fraction of sp³-hybridized carbons (Fsp3) is 0.381. The van der Waals surface area contributed by atoms with Crippen LogP contribution >= 0.6 is 0 Å². The maximum absolute atomic E-state index is 13.0. The molecule has 2 aromatic carbocycles. The summed E-state index contributed by atoms with van der Waals surface area (Å²) in [5.41, 5.74) is 1.58. The number of methoxy groups -OCH3 is 2. The first-order chi connectivity index (χ1) is 13.9. The Morgan fingerprint density at radius 2 is 1.62 bits per heavy atom. The number of anilines is 1. The number of rotatable bonds is 6. The fourth-order valence-electron chi connectivity index (χ4n) is 3.41. The van der Waals surface area contributed by atoms with Crippen LogP contribution in [0.1, 0.15) is 35.2 Å². The molecule has 0 unspecified atom stereocenters. The number of hydrogen-bond acceptors (Lipinski definition) is 5. The molecule has 0 bridgehead atoms. The van der Waals surface area contributed by atoms with Crippen molar-refractivity contribution in [3.8, 4) is 11.5 Å². The van der Waals surface area contributed by atoms with Crippen LogP contribution in [-0.2, 0) is 10.0 Å². The Morgan fingerprint density at radius 1 is 0.966 bits per heavy atom. The molecule has 156 valence electrons. The second-order valence-electron chi connectivity index (χ2n) is 6.97. The van der Waals surface area contributed by atoms with Crippen LogP contribution in [0.4, 0.5) is 5.69 Å². The molecular weight excluding hydrogens is 392 g/mol. The van der Waals surface area contributed by atoms with Crippen molar-refractivity contribution < 1.29 is 22.7 Å². The summed E-state index contributed by atoms with van der Waals surface area (Å²) >= 11 is 0. The van der Waals surface area contributed by atoms with Gasteiger partial charge < -0.3 is 14.8 Å². The Bertz CT molecular complexity index is 998. The van der Waals surface area contributed by atoms with Gasteiger partial charge in [-0.3, -0.25) is 4.79 Å². The zero-order valence-electron chi connectivity index (χ0n) is 16.9. The molecule has 29 heavy (non-hydrogen) atoms. The van der Waals surface area contributed by atoms with Gasteiger partial charge in [-0.1, -0.05) is 6.42 Å². The standard InChI is InChI=1S/C21H26N2O5S/c1-15-13-16(7-9-19(15)27-2)21(24)22-18-14-17(8-10-20(18)28-3)29(25,26)23-11-5-4-6-12-23/h7-10,13-14H,4-6,11-12H2,1-3H3,(H,22,24). The van der Waals surface area contributed by atoms with E-state index in [1.807, 2.05) is 6.92 Å². The van der Waals surface area contributed by atoms with Crippen LogP contribution in [0.15, 0.2) is 41.3 Å². The van der Waals surface area contributed by atoms with Gasteiger partial charge >= 0.3 is 0 Å². The molecule has 1 aliphatic rings. The molecule has 0 atom stereocenters. The molecule has 1 fully saturated rings. The van der Waals surface area contributed by atoms with Gasteiger partial charge in [-0.25, -0.2) is 8.42 Å². The average Bonchev–Trinajstić information content (AvgIpc) is 2.74. The van der Waals surface area contributed by atoms with Gasteiger partial charge in [-0.2, -0.15) is 4.31 Å². The number of amides is 1. The van der Waals surface area contributed by atoms with Gasteiger partial charge in [0.25, 0.3) is 5.91 Å². The van der Waals surface area contributed by atoms with Crippen molar-refractivity contribution in [3.05, 3.63) is 47.5 Å². The van der Waals surface area contributed by atoms with E-state index in [2.05, 4.69) is 5.32 Å². The summed E-state index contributed by atoms with van der Waals surface area (Å²) in [6.07, 6.45) is 2.75. The van der Waals surface area contributed by atoms with Gasteiger partial charge in [0.15, 0.2) is 0 Å². The topological polar surface area (TPSA) is 84.9 Å². The molecule has 8 heteroatoms. The smallest absolute Gasteiger partial charge is 0.255 e. The first kappa shape index (κ1) is 21.1. The molecule has 7 nitrogen and oxygen atoms in total. The van der Waals surface area contributed by atoms with Crippen molar-refractivity contribution in [2.24, 2.45) is 0 Å². The number of carbonyl (C=O) groups excluding carboxylic acids is 1. The normalized spacial score (nSPS) is 15.0. The predicted molar refractivity (Wildman–Crippen MR) is 111 cm³/mol. The minimum atomic E-state index is -3.62. The zero-order valence-corrected chi connectivity index (χ0v) is 17.7. The van der Waals surface area contributed by atoms with Crippen LogP contribution in [0.2, 0.25) is 0 Å². The Labute approximate surface area is 171 Å². The second-order valence-corrected chi connectivity index (χ2v) is 8.90. The summed E-state index contributed by atoms with van der Waals surface area (Å²) in [5.74, 6) is 0.719. The number of sulfonamides is 1. The molecule has 0 radical (unpaired) electrons. The quantitative estimate of drug-likeness (QED) is 0.777. The second kappa shape index (κ2) is 8.84. The van der Waals surface area contributed by atoms with Crippen LogP contribution < -0.4 is 14.8 Å². The van der Waals surface area contributed by atoms with Crippen molar-refractivity contribution >= 4 is 21.6 Å². The van der Waals surface area contributed by atoms with Crippen LogP contribution in [0.5, 0.6) is 11.5 Å². The maximum atomic E-state index is 13.0. The largest absolute Gasteiger partial charge is 0.496 e. The summed E-state index contributed by atoms with van der Waals surface area (Å²) in [4.78, 5) is 12.9. The minimum Gasteiger partial charge on any atom is -0.496 e. The molecule has 1 N–H and O–H groups in total. The molecule has 2 aromatic rings. The van der Waals surface area contributed by atoms with Crippen molar-refractivity contribution in [2.75, 3.05) is 32.6 Å². The van der Waals surface area contributed by atoms with Crippen LogP contribution in [0.3, 0.4) is 0 Å². The van der Waals surface area contributed by atoms with Crippen LogP contribution in [0, 0.1) is 6.92 Å². The third-order valence-corrected chi connectivity index (χ3v) is 6.92. The van der Waals surface area contributed by atoms with Crippen LogP contribution in [0.25, 0.3) is 0 Å². The van der Waals surface area contributed by atoms with Crippen molar-refractivity contribution in [1.29, 1.82) is 0 Å². The zero-order chi connectivity index (χ0) is 21.0. The number of nitrogens with zero attached hydrogens (tertiary/aromatic N) is 1. The Hall–Kier alpha value is -2.58. The molecule has 0 aromatic heterocycles. The molecule has 1 saturated heterocycles. The first-order valence-corrected chi connectivity index (χ1v) is 10.9. The summed E-state index contributed by atoms with van der Waals surface area (Å²) in [7, 11) is -0.572. The van der Waals surface area contributed by atoms with E-state index in [1.54, 1.807) is 31.4 Å². The van der Waals surface area contributed by atoms with Gasteiger partial charge in [0.2, 0.25) is 10.0 Å². The summed E-state index contributed by atoms with van der Waals surface area (Å²) in [5, 5.41) is 2.77. The highest BCUT2D eigenvalue weighted by atomic mass is 32.2. The Morgan fingerprint density at radius 3 is 2.24 bits per heavy atom. The molecule has 1 heterocycles. The number of ether oxygens (including phenoxy) is 2. The van der Waals surface area contributed by atoms with Crippen molar-refractivity contribution in [2.45, 2.75) is 31.1 Å². The molecule has 0 aliphatic carbocycles. The average molecular weight is 419 g/mol. The van der Waals surface area contributed by atoms with E-state index in [-0.39, 0.29) is 10.8 Å². The van der Waals surface area contributed by atoms with E-state index in [0.29, 0.717) is 35.8 Å². The van der Waals surface area contributed by atoms with Gasteiger partial charge in [0.05, 0.1) is 24.8 Å². The monoisotopic (exact) mass is 418 g/mol. The molecule has 0 spiro atoms. The maximum Gasteiger partial charge on any atom is 0.255 e. The Balaban J connectivity index is 1.89. The van der Waals surface area contributed by atoms with Crippen LogP contribution in [-0.4, -0.2) is 45.9 Å². The molecule has 1 amide bonds. The third-order valence-electron chi connectivity index (χ3n) is 5.03. The number of aryl methyl sites for hydroxylation is 1. The van der Waals surface area contributed by atoms with Gasteiger partial charge in [-0.05, 0) is 61.7 Å². The summed E-state index contributed by atoms with van der Waals surface area (Å²) in [6, 6.07) is 9.62. The summed E-state index contributed by atoms with van der Waals surface area (Å²) < 4.78 is 38.0. The van der Waals surface area contributed by atoms with E-state index in [0.717, 1.165) is 24.8 Å². The van der Waals surface area contributed by atoms with Gasteiger partial charge in [0.1, 0.15) is 11.5 Å². The Kier molecular flexibility index (Phi) is 6.44. The first-order valence-electron chi connectivity index (χ1n) is 9.51. The van der Waals surface area contributed by atoms with Crippen molar-refractivity contribution in [3.63, 3.8) is 0 Å². The van der Waals surface area contributed by atoms with Gasteiger partial charge in [0, 0.05) is 18.7 Å². The SMILES string of the molecule is COc1ccc(C(=O)Nc2cc(S(=O)(=O)N3CCCCC3)ccc2OC)cc1C. The lowest BCUT2D eigenvalue weighted by Gasteiger charge is -2.26. The number of piperidine rings is 1. The lowest BCUT2D eigenvalue weighted by Crippen LogP contribution is -2.35. The highest BCUT2D eigenvalue weighted by Gasteiger charge is 2.27.